The topological polar surface area (TPSA) is 50.4 Å². The van der Waals surface area contributed by atoms with Gasteiger partial charge in [0.05, 0.1) is 6.61 Å². The van der Waals surface area contributed by atoms with Crippen LogP contribution in [0.4, 0.5) is 4.79 Å². The molecule has 16 heavy (non-hydrogen) atoms. The Kier molecular flexibility index (Phi) is 4.21. The van der Waals surface area contributed by atoms with Gasteiger partial charge in [0.1, 0.15) is 0 Å². The molecule has 0 aliphatic heterocycles. The summed E-state index contributed by atoms with van der Waals surface area (Å²) < 4.78 is 4.77. The molecule has 0 saturated heterocycles. The summed E-state index contributed by atoms with van der Waals surface area (Å²) in [6.07, 6.45) is 3.89. The molecule has 0 fully saturated rings. The van der Waals surface area contributed by atoms with E-state index in [0.717, 1.165) is 12.1 Å². The Balaban J connectivity index is 2.47. The highest BCUT2D eigenvalue weighted by molar-refractivity contribution is 5.66. The van der Waals surface area contributed by atoms with Crippen molar-refractivity contribution in [3.63, 3.8) is 0 Å². The van der Waals surface area contributed by atoms with Crippen LogP contribution in [0.3, 0.4) is 0 Å². The standard InChI is InChI=1S/C12H22N2O2/c1-5-16-11(15)14-13-10-6-9(2)7-12(3,4)8-10/h8-9,13H,5-7H2,1-4H3,(H,14,15)/t9-/m0/s1. The Morgan fingerprint density at radius 1 is 1.62 bits per heavy atom. The maximum atomic E-state index is 11.1. The molecule has 1 amide bonds. The van der Waals surface area contributed by atoms with Crippen molar-refractivity contribution in [3.05, 3.63) is 11.8 Å². The van der Waals surface area contributed by atoms with Crippen LogP contribution in [-0.2, 0) is 4.74 Å². The second-order valence-electron chi connectivity index (χ2n) is 5.14. The molecule has 0 bridgehead atoms. The summed E-state index contributed by atoms with van der Waals surface area (Å²) in [5, 5.41) is 0. The minimum Gasteiger partial charge on any atom is -0.449 e. The Bertz CT molecular complexity index is 285. The molecule has 1 rings (SSSR count). The first kappa shape index (κ1) is 12.9. The normalized spacial score (nSPS) is 23.2. The van der Waals surface area contributed by atoms with Crippen LogP contribution >= 0.6 is 0 Å². The molecule has 0 spiro atoms. The van der Waals surface area contributed by atoms with Crippen LogP contribution in [0.15, 0.2) is 11.8 Å². The molecular weight excluding hydrogens is 204 g/mol. The highest BCUT2D eigenvalue weighted by atomic mass is 16.5. The van der Waals surface area contributed by atoms with Crippen molar-refractivity contribution in [1.29, 1.82) is 0 Å². The molecule has 4 nitrogen and oxygen atoms in total. The molecule has 0 saturated carbocycles. The fourth-order valence-electron chi connectivity index (χ4n) is 2.32. The molecule has 1 aliphatic carbocycles. The summed E-state index contributed by atoms with van der Waals surface area (Å²) in [6, 6.07) is 0. The van der Waals surface area contributed by atoms with Gasteiger partial charge in [-0.15, -0.1) is 0 Å². The van der Waals surface area contributed by atoms with Crippen molar-refractivity contribution in [1.82, 2.24) is 10.9 Å². The van der Waals surface area contributed by atoms with Gasteiger partial charge in [0, 0.05) is 5.70 Å². The van der Waals surface area contributed by atoms with Crippen LogP contribution in [0.5, 0.6) is 0 Å². The van der Waals surface area contributed by atoms with Gasteiger partial charge >= 0.3 is 6.09 Å². The lowest BCUT2D eigenvalue weighted by molar-refractivity contribution is 0.148. The lowest BCUT2D eigenvalue weighted by Gasteiger charge is -2.32. The summed E-state index contributed by atoms with van der Waals surface area (Å²) in [7, 11) is 0. The van der Waals surface area contributed by atoms with Gasteiger partial charge < -0.3 is 10.2 Å². The Hall–Kier alpha value is -1.19. The smallest absolute Gasteiger partial charge is 0.425 e. The van der Waals surface area contributed by atoms with E-state index in [1.54, 1.807) is 6.92 Å². The largest absolute Gasteiger partial charge is 0.449 e. The van der Waals surface area contributed by atoms with E-state index in [2.05, 4.69) is 37.7 Å². The van der Waals surface area contributed by atoms with Crippen LogP contribution in [0, 0.1) is 11.3 Å². The molecule has 0 unspecified atom stereocenters. The van der Waals surface area contributed by atoms with E-state index in [0.29, 0.717) is 12.5 Å². The minimum absolute atomic E-state index is 0.191. The fraction of sp³-hybridized carbons (Fsp3) is 0.750. The lowest BCUT2D eigenvalue weighted by atomic mass is 9.76. The van der Waals surface area contributed by atoms with Crippen molar-refractivity contribution in [2.75, 3.05) is 6.61 Å². The van der Waals surface area contributed by atoms with E-state index < -0.39 is 6.09 Å². The number of nitrogens with one attached hydrogen (secondary N) is 2. The number of hydrogen-bond donors (Lipinski definition) is 2. The zero-order valence-corrected chi connectivity index (χ0v) is 10.6. The Morgan fingerprint density at radius 3 is 2.88 bits per heavy atom. The zero-order valence-electron chi connectivity index (χ0n) is 10.6. The van der Waals surface area contributed by atoms with E-state index in [9.17, 15) is 4.79 Å². The Morgan fingerprint density at radius 2 is 2.31 bits per heavy atom. The number of amides is 1. The van der Waals surface area contributed by atoms with Crippen LogP contribution in [0.25, 0.3) is 0 Å². The second-order valence-corrected chi connectivity index (χ2v) is 5.14. The maximum Gasteiger partial charge on any atom is 0.425 e. The monoisotopic (exact) mass is 226 g/mol. The molecule has 92 valence electrons. The molecule has 1 aliphatic rings. The number of carbonyl (C=O) groups is 1. The summed E-state index contributed by atoms with van der Waals surface area (Å²) >= 11 is 0. The summed E-state index contributed by atoms with van der Waals surface area (Å²) in [6.45, 7) is 8.79. The van der Waals surface area contributed by atoms with Gasteiger partial charge in [-0.2, -0.15) is 0 Å². The number of ether oxygens (including phenoxy) is 1. The number of rotatable bonds is 3. The first-order chi connectivity index (χ1) is 7.43. The van der Waals surface area contributed by atoms with Crippen LogP contribution in [0.1, 0.15) is 40.5 Å². The van der Waals surface area contributed by atoms with Crippen molar-refractivity contribution in [2.24, 2.45) is 11.3 Å². The van der Waals surface area contributed by atoms with E-state index >= 15 is 0 Å². The van der Waals surface area contributed by atoms with Gasteiger partial charge in [0.2, 0.25) is 0 Å². The third kappa shape index (κ3) is 4.13. The van der Waals surface area contributed by atoms with Gasteiger partial charge in [0.25, 0.3) is 0 Å². The second kappa shape index (κ2) is 5.23. The van der Waals surface area contributed by atoms with Crippen molar-refractivity contribution in [2.45, 2.75) is 40.5 Å². The van der Waals surface area contributed by atoms with Gasteiger partial charge in [-0.3, -0.25) is 0 Å². The predicted octanol–water partition coefficient (Wildman–Crippen LogP) is 2.58. The highest BCUT2D eigenvalue weighted by Crippen LogP contribution is 2.35. The van der Waals surface area contributed by atoms with Crippen LogP contribution < -0.4 is 10.9 Å². The summed E-state index contributed by atoms with van der Waals surface area (Å²) in [5.41, 5.74) is 6.72. The van der Waals surface area contributed by atoms with Gasteiger partial charge in [-0.25, -0.2) is 10.2 Å². The average Bonchev–Trinajstić information content (AvgIpc) is 2.12. The van der Waals surface area contributed by atoms with E-state index in [1.165, 1.54) is 6.42 Å². The number of hydrogen-bond acceptors (Lipinski definition) is 3. The number of carbonyl (C=O) groups excluding carboxylic acids is 1. The van der Waals surface area contributed by atoms with E-state index in [-0.39, 0.29) is 5.41 Å². The molecule has 0 aromatic carbocycles. The van der Waals surface area contributed by atoms with Gasteiger partial charge in [-0.1, -0.05) is 26.8 Å². The van der Waals surface area contributed by atoms with Crippen molar-refractivity contribution >= 4 is 6.09 Å². The molecule has 2 N–H and O–H groups in total. The summed E-state index contributed by atoms with van der Waals surface area (Å²) in [4.78, 5) is 11.1. The van der Waals surface area contributed by atoms with Crippen molar-refractivity contribution < 1.29 is 9.53 Å². The molecule has 1 atom stereocenters. The third-order valence-corrected chi connectivity index (χ3v) is 2.61. The zero-order chi connectivity index (χ0) is 12.2. The van der Waals surface area contributed by atoms with Gasteiger partial charge in [0.15, 0.2) is 0 Å². The SMILES string of the molecule is CCOC(=O)NNC1=CC(C)(C)C[C@@H](C)C1. The van der Waals surface area contributed by atoms with Crippen LogP contribution in [0.2, 0.25) is 0 Å². The van der Waals surface area contributed by atoms with Crippen LogP contribution in [-0.4, -0.2) is 12.7 Å². The molecule has 4 heteroatoms. The van der Waals surface area contributed by atoms with Crippen molar-refractivity contribution in [3.8, 4) is 0 Å². The molecule has 0 heterocycles. The maximum absolute atomic E-state index is 11.1. The first-order valence-electron chi connectivity index (χ1n) is 5.83. The molecule has 0 radical (unpaired) electrons. The first-order valence-corrected chi connectivity index (χ1v) is 5.83. The third-order valence-electron chi connectivity index (χ3n) is 2.61. The average molecular weight is 226 g/mol. The Labute approximate surface area is 97.4 Å². The number of allylic oxidation sites excluding steroid dienone is 2. The molecule has 0 aromatic rings. The number of hydrazine groups is 1. The van der Waals surface area contributed by atoms with E-state index in [1.807, 2.05) is 0 Å². The fourth-order valence-corrected chi connectivity index (χ4v) is 2.32. The minimum atomic E-state index is -0.431. The molecular formula is C12H22N2O2. The van der Waals surface area contributed by atoms with E-state index in [4.69, 9.17) is 4.74 Å². The quantitative estimate of drug-likeness (QED) is 0.727. The predicted molar refractivity (Wildman–Crippen MR) is 63.6 cm³/mol. The lowest BCUT2D eigenvalue weighted by Crippen LogP contribution is -2.39. The molecule has 0 aromatic heterocycles. The summed E-state index contributed by atoms with van der Waals surface area (Å²) in [5.74, 6) is 0.631. The highest BCUT2D eigenvalue weighted by Gasteiger charge is 2.25. The van der Waals surface area contributed by atoms with Gasteiger partial charge in [-0.05, 0) is 31.1 Å².